The lowest BCUT2D eigenvalue weighted by atomic mass is 10.1. The molecule has 2 unspecified atom stereocenters. The summed E-state index contributed by atoms with van der Waals surface area (Å²) in [7, 11) is 4.67. The number of likely N-dealkylation sites (tertiary alicyclic amines) is 1. The molecule has 1 aromatic carbocycles. The molecule has 0 aliphatic carbocycles. The van der Waals surface area contributed by atoms with Crippen LogP contribution in [0.3, 0.4) is 0 Å². The number of methoxy groups -OCH3 is 3. The van der Waals surface area contributed by atoms with E-state index in [1.54, 1.807) is 33.5 Å². The van der Waals surface area contributed by atoms with Gasteiger partial charge in [0.05, 0.1) is 21.3 Å². The zero-order chi connectivity index (χ0) is 16.4. The summed E-state index contributed by atoms with van der Waals surface area (Å²) in [5.74, 6) is 1.52. The number of hydrogen-bond acceptors (Lipinski definition) is 5. The van der Waals surface area contributed by atoms with E-state index in [0.29, 0.717) is 34.9 Å². The Morgan fingerprint density at radius 1 is 1.04 bits per heavy atom. The van der Waals surface area contributed by atoms with Crippen LogP contribution in [0, 0.1) is 0 Å². The Hall–Kier alpha value is -1.95. The fourth-order valence-electron chi connectivity index (χ4n) is 3.51. The van der Waals surface area contributed by atoms with Crippen LogP contribution in [0.25, 0.3) is 0 Å². The maximum Gasteiger partial charge on any atom is 0.254 e. The molecule has 0 spiro atoms. The number of fused-ring (bicyclic) bond motifs is 2. The van der Waals surface area contributed by atoms with Crippen LogP contribution in [0.15, 0.2) is 12.1 Å². The highest BCUT2D eigenvalue weighted by atomic mass is 16.5. The summed E-state index contributed by atoms with van der Waals surface area (Å²) in [6.07, 6.45) is 3.37. The summed E-state index contributed by atoms with van der Waals surface area (Å²) in [5, 5.41) is 3.59. The first kappa shape index (κ1) is 15.9. The molecule has 1 amide bonds. The smallest absolute Gasteiger partial charge is 0.254 e. The highest BCUT2D eigenvalue weighted by Gasteiger charge is 2.32. The quantitative estimate of drug-likeness (QED) is 0.914. The van der Waals surface area contributed by atoms with E-state index < -0.39 is 0 Å². The molecule has 2 aliphatic rings. The van der Waals surface area contributed by atoms with Gasteiger partial charge in [0.1, 0.15) is 0 Å². The van der Waals surface area contributed by atoms with Crippen LogP contribution in [0.5, 0.6) is 17.2 Å². The maximum atomic E-state index is 12.9. The summed E-state index contributed by atoms with van der Waals surface area (Å²) >= 11 is 0. The molecule has 1 aromatic rings. The molecular formula is C17H24N2O4. The van der Waals surface area contributed by atoms with Crippen LogP contribution in [0.2, 0.25) is 0 Å². The minimum Gasteiger partial charge on any atom is -0.493 e. The predicted octanol–water partition coefficient (Wildman–Crippen LogP) is 1.68. The van der Waals surface area contributed by atoms with Gasteiger partial charge in [-0.3, -0.25) is 4.79 Å². The maximum absolute atomic E-state index is 12.9. The Kier molecular flexibility index (Phi) is 4.61. The first-order valence-electron chi connectivity index (χ1n) is 8.01. The molecule has 2 fully saturated rings. The van der Waals surface area contributed by atoms with Gasteiger partial charge < -0.3 is 24.4 Å². The molecule has 2 saturated heterocycles. The van der Waals surface area contributed by atoms with Gasteiger partial charge in [-0.2, -0.15) is 0 Å². The standard InChI is InChI=1S/C17H24N2O4/c1-21-14-8-11(9-15(22-2)16(14)23-3)17(20)19-7-6-12-4-5-13(10-19)18-12/h8-9,12-13,18H,4-7,10H2,1-3H3. The van der Waals surface area contributed by atoms with Gasteiger partial charge in [0.25, 0.3) is 5.91 Å². The number of nitrogens with zero attached hydrogens (tertiary/aromatic N) is 1. The third-order valence-corrected chi connectivity index (χ3v) is 4.72. The first-order valence-corrected chi connectivity index (χ1v) is 8.01. The second kappa shape index (κ2) is 6.66. The van der Waals surface area contributed by atoms with Crippen molar-refractivity contribution in [3.8, 4) is 17.2 Å². The van der Waals surface area contributed by atoms with E-state index in [2.05, 4.69) is 5.32 Å². The summed E-state index contributed by atoms with van der Waals surface area (Å²) in [6, 6.07) is 4.41. The molecule has 3 rings (SSSR count). The fourth-order valence-corrected chi connectivity index (χ4v) is 3.51. The van der Waals surface area contributed by atoms with E-state index in [9.17, 15) is 4.79 Å². The normalized spacial score (nSPS) is 23.3. The van der Waals surface area contributed by atoms with Crippen molar-refractivity contribution < 1.29 is 19.0 Å². The molecule has 2 bridgehead atoms. The zero-order valence-electron chi connectivity index (χ0n) is 13.9. The molecule has 2 aliphatic heterocycles. The molecule has 0 saturated carbocycles. The third kappa shape index (κ3) is 3.08. The minimum absolute atomic E-state index is 0.0126. The van der Waals surface area contributed by atoms with Crippen LogP contribution in [-0.4, -0.2) is 57.3 Å². The van der Waals surface area contributed by atoms with Gasteiger partial charge in [0.2, 0.25) is 5.75 Å². The van der Waals surface area contributed by atoms with Gasteiger partial charge in [-0.25, -0.2) is 0 Å². The molecule has 6 nitrogen and oxygen atoms in total. The number of nitrogens with one attached hydrogen (secondary N) is 1. The van der Waals surface area contributed by atoms with E-state index in [1.165, 1.54) is 6.42 Å². The molecule has 23 heavy (non-hydrogen) atoms. The van der Waals surface area contributed by atoms with Crippen LogP contribution in [0.1, 0.15) is 29.6 Å². The zero-order valence-corrected chi connectivity index (χ0v) is 13.9. The van der Waals surface area contributed by atoms with Gasteiger partial charge in [-0.05, 0) is 31.4 Å². The number of amides is 1. The monoisotopic (exact) mass is 320 g/mol. The molecule has 0 aromatic heterocycles. The van der Waals surface area contributed by atoms with Crippen molar-refractivity contribution in [3.63, 3.8) is 0 Å². The fraction of sp³-hybridized carbons (Fsp3) is 0.588. The molecule has 2 atom stereocenters. The number of carbonyl (C=O) groups excluding carboxylic acids is 1. The molecule has 126 valence electrons. The van der Waals surface area contributed by atoms with Crippen molar-refractivity contribution in [1.82, 2.24) is 10.2 Å². The molecule has 1 N–H and O–H groups in total. The summed E-state index contributed by atoms with van der Waals surface area (Å²) < 4.78 is 16.0. The highest BCUT2D eigenvalue weighted by molar-refractivity contribution is 5.95. The minimum atomic E-state index is 0.0126. The van der Waals surface area contributed by atoms with Gasteiger partial charge in [0.15, 0.2) is 11.5 Å². The van der Waals surface area contributed by atoms with Crippen molar-refractivity contribution in [1.29, 1.82) is 0 Å². The number of carbonyl (C=O) groups is 1. The average molecular weight is 320 g/mol. The van der Waals surface area contributed by atoms with Gasteiger partial charge in [-0.15, -0.1) is 0 Å². The van der Waals surface area contributed by atoms with Gasteiger partial charge >= 0.3 is 0 Å². The first-order chi connectivity index (χ1) is 11.2. The van der Waals surface area contributed by atoms with Crippen LogP contribution >= 0.6 is 0 Å². The van der Waals surface area contributed by atoms with E-state index in [1.807, 2.05) is 4.90 Å². The van der Waals surface area contributed by atoms with E-state index >= 15 is 0 Å². The Bertz CT molecular complexity index is 565. The summed E-state index contributed by atoms with van der Waals surface area (Å²) in [5.41, 5.74) is 0.567. The van der Waals surface area contributed by atoms with E-state index in [0.717, 1.165) is 25.9 Å². The predicted molar refractivity (Wildman–Crippen MR) is 86.6 cm³/mol. The second-order valence-electron chi connectivity index (χ2n) is 6.09. The van der Waals surface area contributed by atoms with Crippen LogP contribution < -0.4 is 19.5 Å². The summed E-state index contributed by atoms with van der Waals surface area (Å²) in [6.45, 7) is 1.54. The number of ether oxygens (including phenoxy) is 3. The van der Waals surface area contributed by atoms with Crippen LogP contribution in [0.4, 0.5) is 0 Å². The average Bonchev–Trinajstić information content (AvgIpc) is 2.91. The lowest BCUT2D eigenvalue weighted by Gasteiger charge is -2.25. The van der Waals surface area contributed by atoms with Crippen molar-refractivity contribution in [2.75, 3.05) is 34.4 Å². The second-order valence-corrected chi connectivity index (χ2v) is 6.09. The van der Waals surface area contributed by atoms with Gasteiger partial charge in [-0.1, -0.05) is 0 Å². The van der Waals surface area contributed by atoms with E-state index in [4.69, 9.17) is 14.2 Å². The topological polar surface area (TPSA) is 60.0 Å². The Morgan fingerprint density at radius 3 is 2.30 bits per heavy atom. The molecule has 0 radical (unpaired) electrons. The Morgan fingerprint density at radius 2 is 1.70 bits per heavy atom. The van der Waals surface area contributed by atoms with Gasteiger partial charge in [0, 0.05) is 30.7 Å². The van der Waals surface area contributed by atoms with Crippen LogP contribution in [-0.2, 0) is 0 Å². The summed E-state index contributed by atoms with van der Waals surface area (Å²) in [4.78, 5) is 14.8. The van der Waals surface area contributed by atoms with Crippen molar-refractivity contribution in [2.45, 2.75) is 31.3 Å². The number of rotatable bonds is 4. The van der Waals surface area contributed by atoms with Crippen molar-refractivity contribution >= 4 is 5.91 Å². The largest absolute Gasteiger partial charge is 0.493 e. The SMILES string of the molecule is COc1cc(C(=O)N2CCC3CCC(C2)N3)cc(OC)c1OC. The number of hydrogen-bond donors (Lipinski definition) is 1. The highest BCUT2D eigenvalue weighted by Crippen LogP contribution is 2.38. The van der Waals surface area contributed by atoms with Crippen molar-refractivity contribution in [2.24, 2.45) is 0 Å². The van der Waals surface area contributed by atoms with Crippen molar-refractivity contribution in [3.05, 3.63) is 17.7 Å². The third-order valence-electron chi connectivity index (χ3n) is 4.72. The lowest BCUT2D eigenvalue weighted by molar-refractivity contribution is 0.0747. The Labute approximate surface area is 136 Å². The lowest BCUT2D eigenvalue weighted by Crippen LogP contribution is -2.39. The molecular weight excluding hydrogens is 296 g/mol. The molecule has 2 heterocycles. The Balaban J connectivity index is 1.86. The molecule has 6 heteroatoms. The van der Waals surface area contributed by atoms with E-state index in [-0.39, 0.29) is 5.91 Å². The number of benzene rings is 1.